The van der Waals surface area contributed by atoms with Crippen molar-refractivity contribution >= 4 is 17.7 Å². The van der Waals surface area contributed by atoms with E-state index in [0.717, 1.165) is 4.91 Å². The maximum atomic E-state index is 8.80. The van der Waals surface area contributed by atoms with Crippen molar-refractivity contribution in [2.45, 2.75) is 50.3 Å². The molecule has 0 aromatic rings. The van der Waals surface area contributed by atoms with Gasteiger partial charge in [-0.15, -0.1) is 0 Å². The van der Waals surface area contributed by atoms with E-state index >= 15 is 0 Å². The molecule has 4 nitrogen and oxygen atoms in total. The highest BCUT2D eigenvalue weighted by Crippen LogP contribution is 2.60. The molecule has 5 heteroatoms. The summed E-state index contributed by atoms with van der Waals surface area (Å²) in [5.74, 6) is 0.247. The lowest BCUT2D eigenvalue weighted by Gasteiger charge is -2.34. The third kappa shape index (κ3) is 1.76. The van der Waals surface area contributed by atoms with Gasteiger partial charge in [0.2, 0.25) is 0 Å². The van der Waals surface area contributed by atoms with E-state index in [4.69, 9.17) is 20.1 Å². The normalized spacial score (nSPS) is 36.2. The van der Waals surface area contributed by atoms with Gasteiger partial charge in [0.05, 0.1) is 18.1 Å². The highest BCUT2D eigenvalue weighted by Gasteiger charge is 2.62. The molecular weight excluding hydrogens is 236 g/mol. The number of ether oxygens (including phenoxy) is 2. The van der Waals surface area contributed by atoms with Crippen LogP contribution < -0.4 is 0 Å². The Morgan fingerprint density at radius 1 is 1.41 bits per heavy atom. The number of nitriles is 1. The minimum Gasteiger partial charge on any atom is -0.471 e. The van der Waals surface area contributed by atoms with Gasteiger partial charge in [0.1, 0.15) is 5.60 Å². The molecule has 1 spiro atoms. The summed E-state index contributed by atoms with van der Waals surface area (Å²) in [5.41, 5.74) is -1.05. The Labute approximate surface area is 105 Å². The van der Waals surface area contributed by atoms with Crippen molar-refractivity contribution in [3.05, 3.63) is 11.0 Å². The van der Waals surface area contributed by atoms with Crippen LogP contribution in [-0.4, -0.2) is 22.0 Å². The lowest BCUT2D eigenvalue weighted by Crippen LogP contribution is -2.45. The third-order valence-corrected chi connectivity index (χ3v) is 5.05. The zero-order valence-electron chi connectivity index (χ0n) is 10.5. The second-order valence-electron chi connectivity index (χ2n) is 5.32. The Balaban J connectivity index is 2.42. The summed E-state index contributed by atoms with van der Waals surface area (Å²) >= 11 is 1.51. The van der Waals surface area contributed by atoms with E-state index in [-0.39, 0.29) is 5.90 Å². The molecule has 2 aliphatic rings. The predicted octanol–water partition coefficient (Wildman–Crippen LogP) is 2.81. The van der Waals surface area contributed by atoms with E-state index in [2.05, 4.69) is 6.07 Å². The van der Waals surface area contributed by atoms with Crippen LogP contribution in [0.15, 0.2) is 11.0 Å². The Bertz CT molecular complexity index is 448. The zero-order chi connectivity index (χ0) is 12.9. The van der Waals surface area contributed by atoms with Gasteiger partial charge in [0.25, 0.3) is 0 Å². The van der Waals surface area contributed by atoms with Gasteiger partial charge >= 0.3 is 0 Å². The number of nitrogens with one attached hydrogen (secondary N) is 1. The minimum absolute atomic E-state index is 0.247. The summed E-state index contributed by atoms with van der Waals surface area (Å²) in [4.78, 5) is 0.308. The Kier molecular flexibility index (Phi) is 2.57. The van der Waals surface area contributed by atoms with E-state index in [1.807, 2.05) is 27.7 Å². The number of nitrogens with zero attached hydrogens (tertiary/aromatic N) is 1. The van der Waals surface area contributed by atoms with Gasteiger partial charge < -0.3 is 9.47 Å². The molecule has 0 radical (unpaired) electrons. The molecule has 1 N–H and O–H groups in total. The third-order valence-electron chi connectivity index (χ3n) is 3.17. The molecule has 0 amide bonds. The quantitative estimate of drug-likeness (QED) is 0.673. The molecule has 0 aromatic carbocycles. The fourth-order valence-corrected chi connectivity index (χ4v) is 3.70. The zero-order valence-corrected chi connectivity index (χ0v) is 11.3. The first-order valence-electron chi connectivity index (χ1n) is 5.48. The van der Waals surface area contributed by atoms with Crippen molar-refractivity contribution in [3.63, 3.8) is 0 Å². The number of thioether (sulfide) groups is 1. The fraction of sp³-hybridized carbons (Fsp3) is 0.667. The molecular formula is C12H16N2O2S. The summed E-state index contributed by atoms with van der Waals surface area (Å²) in [6.07, 6.45) is 1.97. The second kappa shape index (κ2) is 3.50. The van der Waals surface area contributed by atoms with Gasteiger partial charge in [0, 0.05) is 11.0 Å². The van der Waals surface area contributed by atoms with Gasteiger partial charge in [-0.3, -0.25) is 5.41 Å². The van der Waals surface area contributed by atoms with Gasteiger partial charge in [-0.25, -0.2) is 0 Å². The molecule has 2 fully saturated rings. The van der Waals surface area contributed by atoms with Gasteiger partial charge in [-0.05, 0) is 27.7 Å². The van der Waals surface area contributed by atoms with Crippen molar-refractivity contribution in [1.82, 2.24) is 0 Å². The lowest BCUT2D eigenvalue weighted by atomic mass is 9.99. The minimum atomic E-state index is -0.587. The van der Waals surface area contributed by atoms with E-state index in [0.29, 0.717) is 6.42 Å². The molecule has 2 saturated heterocycles. The van der Waals surface area contributed by atoms with E-state index in [1.165, 1.54) is 17.8 Å². The molecule has 2 aliphatic heterocycles. The number of hydrogen-bond acceptors (Lipinski definition) is 5. The summed E-state index contributed by atoms with van der Waals surface area (Å²) < 4.78 is 11.7. The van der Waals surface area contributed by atoms with Crippen LogP contribution in [0.25, 0.3) is 0 Å². The standard InChI is InChI=1S/C12H16N2O2S/c1-10(2)8(5-6-13)17-12(16-10)7-9(14)15-11(12,3)4/h5,14H,7H2,1-4H3. The second-order valence-corrected chi connectivity index (χ2v) is 6.62. The maximum absolute atomic E-state index is 8.80. The Hall–Kier alpha value is -0.990. The summed E-state index contributed by atoms with van der Waals surface area (Å²) in [7, 11) is 0. The van der Waals surface area contributed by atoms with Crippen molar-refractivity contribution in [2.75, 3.05) is 0 Å². The van der Waals surface area contributed by atoms with Crippen LogP contribution in [0.1, 0.15) is 34.1 Å². The van der Waals surface area contributed by atoms with E-state index < -0.39 is 16.1 Å². The Morgan fingerprint density at radius 3 is 2.53 bits per heavy atom. The van der Waals surface area contributed by atoms with Crippen LogP contribution in [0.3, 0.4) is 0 Å². The van der Waals surface area contributed by atoms with Crippen LogP contribution in [-0.2, 0) is 9.47 Å². The van der Waals surface area contributed by atoms with Gasteiger partial charge in [0.15, 0.2) is 10.8 Å². The molecule has 0 bridgehead atoms. The molecule has 17 heavy (non-hydrogen) atoms. The number of rotatable bonds is 0. The first-order chi connectivity index (χ1) is 7.72. The van der Waals surface area contributed by atoms with E-state index in [9.17, 15) is 0 Å². The predicted molar refractivity (Wildman–Crippen MR) is 66.7 cm³/mol. The monoisotopic (exact) mass is 252 g/mol. The average molecular weight is 252 g/mol. The van der Waals surface area contributed by atoms with Crippen LogP contribution >= 0.6 is 11.8 Å². The topological polar surface area (TPSA) is 66.1 Å². The molecule has 0 saturated carbocycles. The molecule has 92 valence electrons. The molecule has 1 unspecified atom stereocenters. The first kappa shape index (κ1) is 12.5. The summed E-state index contributed by atoms with van der Waals surface area (Å²) in [6.45, 7) is 7.73. The fourth-order valence-electron chi connectivity index (χ4n) is 2.21. The largest absolute Gasteiger partial charge is 0.471 e. The SMILES string of the molecule is CC1(C)OC2(CC(=N)OC2(C)C)SC1=CC#N. The van der Waals surface area contributed by atoms with Gasteiger partial charge in [-0.2, -0.15) is 5.26 Å². The first-order valence-corrected chi connectivity index (χ1v) is 6.30. The van der Waals surface area contributed by atoms with E-state index in [1.54, 1.807) is 0 Å². The molecule has 0 aliphatic carbocycles. The highest BCUT2D eigenvalue weighted by molar-refractivity contribution is 8.04. The smallest absolute Gasteiger partial charge is 0.185 e. The number of hydrogen-bond donors (Lipinski definition) is 1. The van der Waals surface area contributed by atoms with Crippen molar-refractivity contribution in [3.8, 4) is 6.07 Å². The Morgan fingerprint density at radius 2 is 2.06 bits per heavy atom. The maximum Gasteiger partial charge on any atom is 0.185 e. The summed E-state index contributed by atoms with van der Waals surface area (Å²) in [6, 6.07) is 2.05. The van der Waals surface area contributed by atoms with Crippen LogP contribution in [0, 0.1) is 16.7 Å². The van der Waals surface area contributed by atoms with Crippen LogP contribution in [0.4, 0.5) is 0 Å². The molecule has 0 aromatic heterocycles. The molecule has 2 rings (SSSR count). The van der Waals surface area contributed by atoms with Crippen LogP contribution in [0.5, 0.6) is 0 Å². The highest BCUT2D eigenvalue weighted by atomic mass is 32.2. The molecule has 1 atom stereocenters. The molecule has 2 heterocycles. The van der Waals surface area contributed by atoms with Gasteiger partial charge in [-0.1, -0.05) is 11.8 Å². The van der Waals surface area contributed by atoms with Crippen molar-refractivity contribution < 1.29 is 9.47 Å². The van der Waals surface area contributed by atoms with Crippen molar-refractivity contribution in [2.24, 2.45) is 0 Å². The lowest BCUT2D eigenvalue weighted by molar-refractivity contribution is -0.113. The van der Waals surface area contributed by atoms with Crippen LogP contribution in [0.2, 0.25) is 0 Å². The van der Waals surface area contributed by atoms with Crippen molar-refractivity contribution in [1.29, 1.82) is 10.7 Å². The average Bonchev–Trinajstić information content (AvgIpc) is 2.49. The summed E-state index contributed by atoms with van der Waals surface area (Å²) in [5, 5.41) is 16.5. The number of allylic oxidation sites excluding steroid dienone is 1.